The minimum Gasteiger partial charge on any atom is -0.497 e. The molecule has 0 radical (unpaired) electrons. The van der Waals surface area contributed by atoms with Gasteiger partial charge in [0.1, 0.15) is 5.75 Å². The van der Waals surface area contributed by atoms with Crippen LogP contribution in [0.1, 0.15) is 33.2 Å². The zero-order chi connectivity index (χ0) is 20.6. The molecule has 0 bridgehead atoms. The van der Waals surface area contributed by atoms with Gasteiger partial charge in [0, 0.05) is 36.0 Å². The lowest BCUT2D eigenvalue weighted by molar-refractivity contribution is 0.0752. The molecule has 0 saturated heterocycles. The lowest BCUT2D eigenvalue weighted by Crippen LogP contribution is -2.30. The number of ether oxygens (including phenoxy) is 1. The number of benzene rings is 3. The fourth-order valence-electron chi connectivity index (χ4n) is 2.98. The summed E-state index contributed by atoms with van der Waals surface area (Å²) in [5.41, 5.74) is 2.77. The van der Waals surface area contributed by atoms with Gasteiger partial charge >= 0.3 is 0 Å². The molecule has 3 rings (SSSR count). The van der Waals surface area contributed by atoms with E-state index in [1.54, 1.807) is 48.4 Å². The Morgan fingerprint density at radius 1 is 0.897 bits per heavy atom. The second kappa shape index (κ2) is 9.55. The van der Waals surface area contributed by atoms with Gasteiger partial charge in [-0.15, -0.1) is 0 Å². The van der Waals surface area contributed by atoms with Crippen LogP contribution < -0.4 is 10.1 Å². The molecule has 5 nitrogen and oxygen atoms in total. The summed E-state index contributed by atoms with van der Waals surface area (Å²) in [6.45, 7) is 3.11. The molecule has 3 aromatic carbocycles. The van der Waals surface area contributed by atoms with Crippen LogP contribution in [0, 0.1) is 0 Å². The van der Waals surface area contributed by atoms with Gasteiger partial charge in [-0.2, -0.15) is 0 Å². The van der Waals surface area contributed by atoms with Crippen LogP contribution in [0.2, 0.25) is 0 Å². The van der Waals surface area contributed by atoms with Gasteiger partial charge in [0.15, 0.2) is 0 Å². The number of rotatable bonds is 7. The van der Waals surface area contributed by atoms with Gasteiger partial charge in [0.05, 0.1) is 7.11 Å². The summed E-state index contributed by atoms with van der Waals surface area (Å²) in [6.07, 6.45) is 0. The molecular weight excluding hydrogens is 364 g/mol. The molecule has 29 heavy (non-hydrogen) atoms. The quantitative estimate of drug-likeness (QED) is 0.643. The van der Waals surface area contributed by atoms with E-state index in [0.717, 1.165) is 5.56 Å². The number of nitrogens with one attached hydrogen (secondary N) is 1. The molecule has 0 spiro atoms. The molecule has 0 aliphatic rings. The highest BCUT2D eigenvalue weighted by Crippen LogP contribution is 2.18. The summed E-state index contributed by atoms with van der Waals surface area (Å²) < 4.78 is 5.17. The SMILES string of the molecule is CCN(Cc1ccccc1)C(=O)c1ccc(C(=O)Nc2cccc(OC)c2)cc1. The maximum atomic E-state index is 12.8. The van der Waals surface area contributed by atoms with Gasteiger partial charge < -0.3 is 15.0 Å². The zero-order valence-electron chi connectivity index (χ0n) is 16.6. The maximum absolute atomic E-state index is 12.8. The molecule has 0 fully saturated rings. The van der Waals surface area contributed by atoms with Gasteiger partial charge in [-0.05, 0) is 48.9 Å². The fourth-order valence-corrected chi connectivity index (χ4v) is 2.98. The van der Waals surface area contributed by atoms with E-state index in [2.05, 4.69) is 5.32 Å². The number of nitrogens with zero attached hydrogens (tertiary/aromatic N) is 1. The summed E-state index contributed by atoms with van der Waals surface area (Å²) in [5, 5.41) is 2.83. The molecule has 5 heteroatoms. The van der Waals surface area contributed by atoms with E-state index in [-0.39, 0.29) is 11.8 Å². The van der Waals surface area contributed by atoms with Gasteiger partial charge in [0.2, 0.25) is 0 Å². The largest absolute Gasteiger partial charge is 0.497 e. The molecule has 0 aromatic heterocycles. The van der Waals surface area contributed by atoms with E-state index in [1.807, 2.05) is 49.4 Å². The molecule has 0 saturated carbocycles. The van der Waals surface area contributed by atoms with E-state index in [0.29, 0.717) is 35.7 Å². The number of hydrogen-bond donors (Lipinski definition) is 1. The van der Waals surface area contributed by atoms with Gasteiger partial charge in [0.25, 0.3) is 11.8 Å². The van der Waals surface area contributed by atoms with Crippen molar-refractivity contribution >= 4 is 17.5 Å². The average molecular weight is 388 g/mol. The lowest BCUT2D eigenvalue weighted by Gasteiger charge is -2.21. The summed E-state index contributed by atoms with van der Waals surface area (Å²) in [6, 6.07) is 23.8. The highest BCUT2D eigenvalue weighted by atomic mass is 16.5. The summed E-state index contributed by atoms with van der Waals surface area (Å²) in [4.78, 5) is 27.1. The van der Waals surface area contributed by atoms with Crippen molar-refractivity contribution in [3.63, 3.8) is 0 Å². The Kier molecular flexibility index (Phi) is 6.63. The minimum absolute atomic E-state index is 0.0592. The third-order valence-corrected chi connectivity index (χ3v) is 4.61. The number of carbonyl (C=O) groups is 2. The molecule has 1 N–H and O–H groups in total. The first-order valence-electron chi connectivity index (χ1n) is 9.49. The fraction of sp³-hybridized carbons (Fsp3) is 0.167. The van der Waals surface area contributed by atoms with Crippen LogP contribution in [0.4, 0.5) is 5.69 Å². The Morgan fingerprint density at radius 3 is 2.24 bits per heavy atom. The summed E-state index contributed by atoms with van der Waals surface area (Å²) in [7, 11) is 1.58. The monoisotopic (exact) mass is 388 g/mol. The second-order valence-electron chi connectivity index (χ2n) is 6.57. The molecule has 0 aliphatic heterocycles. The van der Waals surface area contributed by atoms with Crippen LogP contribution >= 0.6 is 0 Å². The van der Waals surface area contributed by atoms with E-state index in [9.17, 15) is 9.59 Å². The van der Waals surface area contributed by atoms with Crippen molar-refractivity contribution in [3.8, 4) is 5.75 Å². The van der Waals surface area contributed by atoms with Crippen molar-refractivity contribution in [2.75, 3.05) is 19.0 Å². The first kappa shape index (κ1) is 20.1. The molecule has 0 unspecified atom stereocenters. The molecule has 148 valence electrons. The summed E-state index contributed by atoms with van der Waals surface area (Å²) in [5.74, 6) is 0.367. The predicted molar refractivity (Wildman–Crippen MR) is 114 cm³/mol. The van der Waals surface area contributed by atoms with Crippen LogP contribution in [0.25, 0.3) is 0 Å². The number of anilines is 1. The Morgan fingerprint density at radius 2 is 1.59 bits per heavy atom. The third-order valence-electron chi connectivity index (χ3n) is 4.61. The predicted octanol–water partition coefficient (Wildman–Crippen LogP) is 4.61. The average Bonchev–Trinajstić information content (AvgIpc) is 2.78. The van der Waals surface area contributed by atoms with Crippen LogP contribution in [0.15, 0.2) is 78.9 Å². The summed E-state index contributed by atoms with van der Waals surface area (Å²) >= 11 is 0. The van der Waals surface area contributed by atoms with E-state index in [4.69, 9.17) is 4.74 Å². The Labute approximate surface area is 170 Å². The second-order valence-corrected chi connectivity index (χ2v) is 6.57. The van der Waals surface area contributed by atoms with Crippen molar-refractivity contribution < 1.29 is 14.3 Å². The van der Waals surface area contributed by atoms with Gasteiger partial charge in [-0.3, -0.25) is 9.59 Å². The Hall–Kier alpha value is -3.60. The molecule has 0 heterocycles. The maximum Gasteiger partial charge on any atom is 0.255 e. The normalized spacial score (nSPS) is 10.3. The molecule has 0 atom stereocenters. The molecule has 3 aromatic rings. The topological polar surface area (TPSA) is 58.6 Å². The number of carbonyl (C=O) groups excluding carboxylic acids is 2. The first-order chi connectivity index (χ1) is 14.1. The van der Waals surface area contributed by atoms with Crippen molar-refractivity contribution in [3.05, 3.63) is 95.6 Å². The number of methoxy groups -OCH3 is 1. The highest BCUT2D eigenvalue weighted by molar-refractivity contribution is 6.05. The van der Waals surface area contributed by atoms with E-state index in [1.165, 1.54) is 0 Å². The van der Waals surface area contributed by atoms with E-state index < -0.39 is 0 Å². The van der Waals surface area contributed by atoms with Crippen LogP contribution in [0.5, 0.6) is 5.75 Å². The smallest absolute Gasteiger partial charge is 0.255 e. The lowest BCUT2D eigenvalue weighted by atomic mass is 10.1. The number of amides is 2. The standard InChI is InChI=1S/C24H24N2O3/c1-3-26(17-18-8-5-4-6-9-18)24(28)20-14-12-19(13-15-20)23(27)25-21-10-7-11-22(16-21)29-2/h4-16H,3,17H2,1-2H3,(H,25,27). The first-order valence-corrected chi connectivity index (χ1v) is 9.49. The minimum atomic E-state index is -0.242. The van der Waals surface area contributed by atoms with Crippen molar-refractivity contribution in [1.29, 1.82) is 0 Å². The van der Waals surface area contributed by atoms with Gasteiger partial charge in [-0.1, -0.05) is 36.4 Å². The Bertz CT molecular complexity index is 969. The van der Waals surface area contributed by atoms with Crippen LogP contribution in [-0.2, 0) is 6.54 Å². The molecule has 2 amide bonds. The van der Waals surface area contributed by atoms with Gasteiger partial charge in [-0.25, -0.2) is 0 Å². The molecule has 0 aliphatic carbocycles. The van der Waals surface area contributed by atoms with Crippen molar-refractivity contribution in [1.82, 2.24) is 4.90 Å². The van der Waals surface area contributed by atoms with Crippen molar-refractivity contribution in [2.24, 2.45) is 0 Å². The van der Waals surface area contributed by atoms with E-state index >= 15 is 0 Å². The molecular formula is C24H24N2O3. The third kappa shape index (κ3) is 5.23. The van der Waals surface area contributed by atoms with Crippen LogP contribution in [0.3, 0.4) is 0 Å². The zero-order valence-corrected chi connectivity index (χ0v) is 16.6. The number of hydrogen-bond acceptors (Lipinski definition) is 3. The highest BCUT2D eigenvalue weighted by Gasteiger charge is 2.15. The van der Waals surface area contributed by atoms with Crippen LogP contribution in [-0.4, -0.2) is 30.4 Å². The Balaban J connectivity index is 1.68. The van der Waals surface area contributed by atoms with Crippen molar-refractivity contribution in [2.45, 2.75) is 13.5 Å².